The molecule has 0 bridgehead atoms. The number of hydrogen-bond donors (Lipinski definition) is 1. The highest BCUT2D eigenvalue weighted by Gasteiger charge is 2.36. The van der Waals surface area contributed by atoms with Crippen LogP contribution in [-0.4, -0.2) is 31.8 Å². The van der Waals surface area contributed by atoms with Gasteiger partial charge in [0.1, 0.15) is 5.75 Å². The fourth-order valence-electron chi connectivity index (χ4n) is 3.81. The molecule has 1 fully saturated rings. The Kier molecular flexibility index (Phi) is 4.22. The number of carbonyl (C=O) groups excluding carboxylic acids is 1. The van der Waals surface area contributed by atoms with Crippen LogP contribution < -0.4 is 19.9 Å². The average Bonchev–Trinajstić information content (AvgIpc) is 3.12. The van der Waals surface area contributed by atoms with Crippen LogP contribution in [-0.2, 0) is 0 Å². The summed E-state index contributed by atoms with van der Waals surface area (Å²) in [6.45, 7) is 4.30. The maximum Gasteiger partial charge on any atom is 0.326 e. The highest BCUT2D eigenvalue weighted by Crippen LogP contribution is 2.39. The van der Waals surface area contributed by atoms with Gasteiger partial charge in [0.15, 0.2) is 0 Å². The minimum Gasteiger partial charge on any atom is -0.492 e. The van der Waals surface area contributed by atoms with E-state index in [1.165, 1.54) is 6.42 Å². The molecule has 5 heteroatoms. The maximum absolute atomic E-state index is 13.0. The van der Waals surface area contributed by atoms with Gasteiger partial charge < -0.3 is 15.0 Å². The van der Waals surface area contributed by atoms with Gasteiger partial charge in [-0.3, -0.25) is 4.90 Å². The van der Waals surface area contributed by atoms with Gasteiger partial charge in [-0.2, -0.15) is 0 Å². The molecule has 1 N–H and O–H groups in total. The summed E-state index contributed by atoms with van der Waals surface area (Å²) >= 11 is 0. The van der Waals surface area contributed by atoms with Gasteiger partial charge in [-0.25, -0.2) is 4.79 Å². The summed E-state index contributed by atoms with van der Waals surface area (Å²) in [7, 11) is 0. The molecular formula is C20H23N3O2. The molecule has 2 aromatic carbocycles. The van der Waals surface area contributed by atoms with Crippen molar-refractivity contribution in [3.63, 3.8) is 0 Å². The van der Waals surface area contributed by atoms with Gasteiger partial charge in [0.05, 0.1) is 23.7 Å². The third-order valence-electron chi connectivity index (χ3n) is 4.93. The summed E-state index contributed by atoms with van der Waals surface area (Å²) in [5.74, 6) is 0.700. The number of anilines is 3. The first-order valence-corrected chi connectivity index (χ1v) is 8.94. The molecule has 2 aliphatic heterocycles. The van der Waals surface area contributed by atoms with Crippen LogP contribution in [0, 0.1) is 0 Å². The van der Waals surface area contributed by atoms with Crippen LogP contribution in [0.25, 0.3) is 0 Å². The molecule has 0 aromatic heterocycles. The fraction of sp³-hybridized carbons (Fsp3) is 0.350. The summed E-state index contributed by atoms with van der Waals surface area (Å²) in [6.07, 6.45) is 2.31. The molecule has 25 heavy (non-hydrogen) atoms. The Labute approximate surface area is 148 Å². The van der Waals surface area contributed by atoms with Gasteiger partial charge in [-0.05, 0) is 44.0 Å². The number of ether oxygens (including phenoxy) is 1. The van der Waals surface area contributed by atoms with Crippen molar-refractivity contribution in [2.75, 3.05) is 34.8 Å². The van der Waals surface area contributed by atoms with Crippen molar-refractivity contribution < 1.29 is 9.53 Å². The van der Waals surface area contributed by atoms with E-state index in [0.29, 0.717) is 24.1 Å². The van der Waals surface area contributed by atoms with E-state index in [1.807, 2.05) is 54.3 Å². The monoisotopic (exact) mass is 337 g/mol. The van der Waals surface area contributed by atoms with Crippen LogP contribution in [0.3, 0.4) is 0 Å². The largest absolute Gasteiger partial charge is 0.492 e. The number of nitrogens with one attached hydrogen (secondary N) is 1. The molecule has 2 aliphatic rings. The third-order valence-corrected chi connectivity index (χ3v) is 4.93. The molecule has 0 unspecified atom stereocenters. The number of urea groups is 1. The van der Waals surface area contributed by atoms with Crippen molar-refractivity contribution in [1.82, 2.24) is 0 Å². The highest BCUT2D eigenvalue weighted by molar-refractivity contribution is 6.05. The molecule has 1 atom stereocenters. The van der Waals surface area contributed by atoms with Crippen molar-refractivity contribution in [2.24, 2.45) is 0 Å². The van der Waals surface area contributed by atoms with E-state index in [-0.39, 0.29) is 6.03 Å². The average molecular weight is 337 g/mol. The minimum absolute atomic E-state index is 0.105. The summed E-state index contributed by atoms with van der Waals surface area (Å²) in [4.78, 5) is 17.3. The second-order valence-electron chi connectivity index (χ2n) is 6.45. The molecule has 0 radical (unpaired) electrons. The van der Waals surface area contributed by atoms with Gasteiger partial charge in [0, 0.05) is 19.1 Å². The van der Waals surface area contributed by atoms with Gasteiger partial charge in [-0.1, -0.05) is 24.3 Å². The van der Waals surface area contributed by atoms with Gasteiger partial charge in [0.2, 0.25) is 0 Å². The molecule has 2 amide bonds. The first-order chi connectivity index (χ1) is 12.3. The predicted molar refractivity (Wildman–Crippen MR) is 101 cm³/mol. The number of fused-ring (bicyclic) bond motifs is 3. The Morgan fingerprint density at radius 2 is 1.92 bits per heavy atom. The topological polar surface area (TPSA) is 44.8 Å². The van der Waals surface area contributed by atoms with E-state index in [9.17, 15) is 4.79 Å². The van der Waals surface area contributed by atoms with Crippen molar-refractivity contribution in [3.8, 4) is 5.75 Å². The number of amides is 2. The Hall–Kier alpha value is -2.69. The summed E-state index contributed by atoms with van der Waals surface area (Å²) in [6, 6.07) is 16.0. The maximum atomic E-state index is 13.0. The number of rotatable bonds is 3. The Morgan fingerprint density at radius 3 is 2.76 bits per heavy atom. The lowest BCUT2D eigenvalue weighted by molar-refractivity contribution is 0.256. The van der Waals surface area contributed by atoms with Gasteiger partial charge in [-0.15, -0.1) is 0 Å². The lowest BCUT2D eigenvalue weighted by Gasteiger charge is -2.40. The SMILES string of the molecule is CCOc1ccccc1NC(=O)N1C[C@H]2CCCN2c2ccccc21. The van der Waals surface area contributed by atoms with Crippen LogP contribution in [0.5, 0.6) is 5.75 Å². The number of nitrogens with zero attached hydrogens (tertiary/aromatic N) is 2. The van der Waals surface area contributed by atoms with E-state index >= 15 is 0 Å². The molecule has 2 aromatic rings. The second kappa shape index (κ2) is 6.67. The van der Waals surface area contributed by atoms with Crippen molar-refractivity contribution >= 4 is 23.1 Å². The zero-order valence-corrected chi connectivity index (χ0v) is 14.4. The Balaban J connectivity index is 1.61. The lowest BCUT2D eigenvalue weighted by Crippen LogP contribution is -2.49. The first-order valence-electron chi connectivity index (χ1n) is 8.94. The van der Waals surface area contributed by atoms with Crippen molar-refractivity contribution in [3.05, 3.63) is 48.5 Å². The van der Waals surface area contributed by atoms with Crippen LogP contribution in [0.1, 0.15) is 19.8 Å². The molecule has 130 valence electrons. The molecule has 1 saturated heterocycles. The Bertz CT molecular complexity index is 777. The zero-order valence-electron chi connectivity index (χ0n) is 14.4. The van der Waals surface area contributed by atoms with E-state index in [2.05, 4.69) is 16.3 Å². The minimum atomic E-state index is -0.105. The van der Waals surface area contributed by atoms with E-state index in [4.69, 9.17) is 4.74 Å². The smallest absolute Gasteiger partial charge is 0.326 e. The van der Waals surface area contributed by atoms with E-state index in [0.717, 1.165) is 30.9 Å². The van der Waals surface area contributed by atoms with Crippen LogP contribution in [0.15, 0.2) is 48.5 Å². The van der Waals surface area contributed by atoms with E-state index < -0.39 is 0 Å². The van der Waals surface area contributed by atoms with E-state index in [1.54, 1.807) is 0 Å². The molecule has 5 nitrogen and oxygen atoms in total. The van der Waals surface area contributed by atoms with Gasteiger partial charge in [0.25, 0.3) is 0 Å². The quantitative estimate of drug-likeness (QED) is 0.917. The molecule has 0 aliphatic carbocycles. The molecule has 0 spiro atoms. The van der Waals surface area contributed by atoms with Crippen molar-refractivity contribution in [1.29, 1.82) is 0 Å². The summed E-state index contributed by atoms with van der Waals surface area (Å²) in [5, 5.41) is 3.03. The lowest BCUT2D eigenvalue weighted by atomic mass is 10.1. The Morgan fingerprint density at radius 1 is 1.16 bits per heavy atom. The summed E-state index contributed by atoms with van der Waals surface area (Å²) < 4.78 is 5.62. The number of para-hydroxylation sites is 4. The zero-order chi connectivity index (χ0) is 17.2. The second-order valence-corrected chi connectivity index (χ2v) is 6.45. The number of hydrogen-bond acceptors (Lipinski definition) is 3. The van der Waals surface area contributed by atoms with Crippen LogP contribution in [0.2, 0.25) is 0 Å². The first kappa shape index (κ1) is 15.8. The highest BCUT2D eigenvalue weighted by atomic mass is 16.5. The molecule has 0 saturated carbocycles. The number of benzene rings is 2. The van der Waals surface area contributed by atoms with Crippen molar-refractivity contribution in [2.45, 2.75) is 25.8 Å². The third kappa shape index (κ3) is 2.90. The normalized spacial score (nSPS) is 18.5. The van der Waals surface area contributed by atoms with Crippen LogP contribution >= 0.6 is 0 Å². The fourth-order valence-corrected chi connectivity index (χ4v) is 3.81. The molecular weight excluding hydrogens is 314 g/mol. The molecule has 4 rings (SSSR count). The van der Waals surface area contributed by atoms with Gasteiger partial charge >= 0.3 is 6.03 Å². The molecule has 2 heterocycles. The predicted octanol–water partition coefficient (Wildman–Crippen LogP) is 4.11. The number of carbonyl (C=O) groups is 1. The van der Waals surface area contributed by atoms with Crippen LogP contribution in [0.4, 0.5) is 21.9 Å². The standard InChI is InChI=1S/C20H23N3O2/c1-2-25-19-12-6-3-9-16(19)21-20(24)23-14-15-8-7-13-22(15)17-10-4-5-11-18(17)23/h3-6,9-12,15H,2,7-8,13-14H2,1H3,(H,21,24)/t15-/m1/s1. The summed E-state index contributed by atoms with van der Waals surface area (Å²) in [5.41, 5.74) is 2.84.